The van der Waals surface area contributed by atoms with Gasteiger partial charge in [-0.15, -0.1) is 0 Å². The molecule has 6 aromatic carbocycles. The number of aromatic nitrogens is 4. The van der Waals surface area contributed by atoms with Gasteiger partial charge in [-0.05, 0) is 164 Å². The van der Waals surface area contributed by atoms with Gasteiger partial charge in [-0.3, -0.25) is 19.2 Å². The minimum atomic E-state index is -5.26. The minimum Gasteiger partial charge on any atom is -0.336 e. The molecule has 0 atom stereocenters. The quantitative estimate of drug-likeness (QED) is 0.0295. The van der Waals surface area contributed by atoms with E-state index in [-0.39, 0.29) is 84.7 Å². The summed E-state index contributed by atoms with van der Waals surface area (Å²) in [5.74, 6) is -7.02. The van der Waals surface area contributed by atoms with E-state index in [9.17, 15) is 57.7 Å². The Morgan fingerprint density at radius 2 is 1.07 bits per heavy atom. The molecule has 2 aromatic heterocycles. The van der Waals surface area contributed by atoms with Crippen LogP contribution in [-0.4, -0.2) is 103 Å². The first-order valence-corrected chi connectivity index (χ1v) is 30.6. The van der Waals surface area contributed by atoms with Crippen LogP contribution in [0.4, 0.5) is 35.1 Å². The molecule has 0 saturated heterocycles. The highest BCUT2D eigenvalue weighted by molar-refractivity contribution is 7.98. The van der Waals surface area contributed by atoms with Crippen LogP contribution in [0.5, 0.6) is 0 Å². The number of halogens is 8. The van der Waals surface area contributed by atoms with Crippen LogP contribution in [0.1, 0.15) is 147 Å². The maximum absolute atomic E-state index is 15.3. The number of amides is 2. The summed E-state index contributed by atoms with van der Waals surface area (Å²) >= 11 is 0.895. The van der Waals surface area contributed by atoms with Gasteiger partial charge in [0.1, 0.15) is 24.6 Å². The monoisotopic (exact) mass is 1380 g/mol. The Labute approximate surface area is 603 Å². The zero-order valence-corrected chi connectivity index (χ0v) is 52.5. The second-order valence-corrected chi connectivity index (χ2v) is 22.1. The number of likely N-dealkylation sites (N-methyl/N-ethyl adjacent to an activating group) is 2. The van der Waals surface area contributed by atoms with Gasteiger partial charge in [0.05, 0.1) is 37.2 Å². The van der Waals surface area contributed by atoms with Crippen molar-refractivity contribution in [2.45, 2.75) is 133 Å². The predicted molar refractivity (Wildman–Crippen MR) is 358 cm³/mol. The molecule has 2 aliphatic carbocycles. The Bertz CT molecular complexity index is 5700. The van der Waals surface area contributed by atoms with Crippen molar-refractivity contribution in [1.82, 2.24) is 38.7 Å². The minimum absolute atomic E-state index is 0.0286. The Kier molecular flexibility index (Phi) is 13.5. The molecule has 95 heavy (non-hydrogen) atoms. The molecule has 0 unspecified atom stereocenters. The van der Waals surface area contributed by atoms with E-state index in [2.05, 4.69) is 9.97 Å². The highest BCUT2D eigenvalue weighted by Gasteiger charge is 2.33. The molecule has 22 heteroatoms. The first-order chi connectivity index (χ1) is 58.3. The van der Waals surface area contributed by atoms with Gasteiger partial charge in [-0.2, -0.15) is 36.3 Å². The number of thioether (sulfide) groups is 2. The normalized spacial score (nSPS) is 20.7. The lowest BCUT2D eigenvalue weighted by Crippen LogP contribution is -2.40. The molecule has 2 aliphatic rings. The molecule has 0 bridgehead atoms. The van der Waals surface area contributed by atoms with Gasteiger partial charge < -0.3 is 28.7 Å². The molecule has 0 N–H and O–H groups in total. The van der Waals surface area contributed by atoms with E-state index in [1.54, 1.807) is 0 Å². The summed E-state index contributed by atoms with van der Waals surface area (Å²) in [6, 6.07) is 1.77. The van der Waals surface area contributed by atoms with Crippen molar-refractivity contribution in [3.63, 3.8) is 0 Å². The molecule has 502 valence electrons. The molecule has 8 aromatic rings. The summed E-state index contributed by atoms with van der Waals surface area (Å²) < 4.78 is 397. The van der Waals surface area contributed by atoms with Gasteiger partial charge in [-0.1, -0.05) is 148 Å². The number of hydrogen-bond donors (Lipinski definition) is 0. The third-order valence-corrected chi connectivity index (χ3v) is 15.9. The fourth-order valence-corrected chi connectivity index (χ4v) is 10.8. The highest BCUT2D eigenvalue weighted by Crippen LogP contribution is 2.36. The van der Waals surface area contributed by atoms with E-state index in [1.165, 1.54) is 74.5 Å². The van der Waals surface area contributed by atoms with E-state index >= 15 is 4.79 Å². The average Bonchev–Trinajstić information content (AvgIpc) is 1.51. The maximum Gasteiger partial charge on any atom is 0.416 e. The van der Waals surface area contributed by atoms with Crippen molar-refractivity contribution in [3.8, 4) is 22.3 Å². The van der Waals surface area contributed by atoms with Crippen LogP contribution in [0.25, 0.3) is 22.3 Å². The van der Waals surface area contributed by atoms with Crippen molar-refractivity contribution in [1.29, 1.82) is 0 Å². The molecule has 0 fully saturated rings. The number of hydrogen-bond acceptors (Lipinski definition) is 10. The number of carbonyl (C=O) groups excluding carboxylic acids is 2. The number of benzene rings is 6. The lowest BCUT2D eigenvalue weighted by Gasteiger charge is -2.28. The van der Waals surface area contributed by atoms with E-state index in [0.717, 1.165) is 54.1 Å². The van der Waals surface area contributed by atoms with Crippen molar-refractivity contribution < 1.29 is 89.9 Å². The van der Waals surface area contributed by atoms with Crippen LogP contribution >= 0.6 is 23.5 Å². The van der Waals surface area contributed by atoms with Crippen LogP contribution in [0, 0.1) is 18.6 Å². The fourth-order valence-electron chi connectivity index (χ4n) is 9.01. The summed E-state index contributed by atoms with van der Waals surface area (Å²) in [5.41, 5.74) is -11.0. The Morgan fingerprint density at radius 1 is 0.558 bits per heavy atom. The molecular formula is C73H78F8N8O4S2. The molecule has 0 spiro atoms. The number of alkyl halides is 6. The van der Waals surface area contributed by atoms with Gasteiger partial charge >= 0.3 is 12.4 Å². The lowest BCUT2D eigenvalue weighted by atomic mass is 9.98. The van der Waals surface area contributed by atoms with Crippen LogP contribution < -0.4 is 11.1 Å². The molecule has 0 radical (unpaired) electrons. The molecule has 2 amide bonds. The molecule has 0 saturated carbocycles. The second-order valence-electron chi connectivity index (χ2n) is 20.2. The number of rotatable bonds is 26. The fraction of sp³-hybridized carbons (Fsp3) is 0.370. The first-order valence-electron chi connectivity index (χ1n) is 45.1. The molecule has 10 rings (SSSR count). The summed E-state index contributed by atoms with van der Waals surface area (Å²) in [7, 11) is 0. The Balaban J connectivity index is 0.000000296. The lowest BCUT2D eigenvalue weighted by molar-refractivity contribution is -0.138. The number of nitrogens with zero attached hydrogens (tertiary/aromatic N) is 8. The molecule has 12 nitrogen and oxygen atoms in total. The van der Waals surface area contributed by atoms with E-state index in [0.29, 0.717) is 23.1 Å². The van der Waals surface area contributed by atoms with Gasteiger partial charge in [0.25, 0.3) is 11.1 Å². The van der Waals surface area contributed by atoms with Crippen LogP contribution in [0.15, 0.2) is 159 Å². The summed E-state index contributed by atoms with van der Waals surface area (Å²) in [6.07, 6.45) is -20.5. The molecular weight excluding hydrogens is 1270 g/mol. The smallest absolute Gasteiger partial charge is 0.336 e. The zero-order valence-electron chi connectivity index (χ0n) is 83.8. The first kappa shape index (κ1) is 39.3. The van der Waals surface area contributed by atoms with Crippen molar-refractivity contribution in [2.24, 2.45) is 0 Å². The van der Waals surface area contributed by atoms with Crippen molar-refractivity contribution >= 4 is 35.3 Å². The van der Waals surface area contributed by atoms with E-state index in [4.69, 9.17) is 37.0 Å². The highest BCUT2D eigenvalue weighted by atomic mass is 32.2. The van der Waals surface area contributed by atoms with E-state index < -0.39 is 259 Å². The van der Waals surface area contributed by atoms with Crippen molar-refractivity contribution in [3.05, 3.63) is 233 Å². The second kappa shape index (κ2) is 32.7. The Hall–Kier alpha value is -7.92. The van der Waals surface area contributed by atoms with Gasteiger partial charge in [0.2, 0.25) is 11.8 Å². The Morgan fingerprint density at radius 3 is 1.64 bits per heavy atom. The van der Waals surface area contributed by atoms with Crippen molar-refractivity contribution in [2.75, 3.05) is 52.1 Å². The van der Waals surface area contributed by atoms with E-state index in [1.807, 2.05) is 0 Å². The average molecular weight is 1380 g/mol. The number of carbonyl (C=O) groups is 2. The predicted octanol–water partition coefficient (Wildman–Crippen LogP) is 14.7. The summed E-state index contributed by atoms with van der Waals surface area (Å²) in [6.45, 7) is -26.3. The summed E-state index contributed by atoms with van der Waals surface area (Å²) in [4.78, 5) is 65.2. The number of fused-ring (bicyclic) bond motifs is 2. The van der Waals surface area contributed by atoms with Crippen LogP contribution in [0.2, 0.25) is 0 Å². The standard InChI is InChI=1S/C37H40F4N4O2S.C36H38F4N4O2S/c1-4-43(5-2)19-20-44(22-26-9-13-28(14-10-26)29-15-18-32(25(3)21-29)37(39,40)41)34(46)23-45-33-8-6-7-31(33)35(47)42-36(45)48-24-27-11-16-30(38)17-12-27;1-3-42(4-2)20-21-43(22-25-8-12-27(13-9-25)28-14-16-29(17-15-28)36(38,39)40)33(45)23-44-32-7-5-6-31(32)34(46)41-35(44)47-24-26-10-18-30(37)19-11-26/h9-18,21H,4-8,19-20,22-24H2,1-3H3;8-19H,3-7,20-24H2,1-2H3/i6D2,7D2,8D2,9D,10D,11D,12D,13D,14D,15D,16D,17D,18D,19D2,20D2,21D,23D2;3D2,4D2,20D2,21D2,23D2. The third-order valence-electron chi connectivity index (χ3n) is 13.9. The van der Waals surface area contributed by atoms with Crippen LogP contribution in [0.3, 0.4) is 0 Å². The molecule has 2 heterocycles. The van der Waals surface area contributed by atoms with Gasteiger partial charge in [-0.25, -0.2) is 8.78 Å². The largest absolute Gasteiger partial charge is 0.416 e. The molecule has 0 aliphatic heterocycles. The summed E-state index contributed by atoms with van der Waals surface area (Å²) in [5, 5.41) is -1.48. The zero-order chi connectivity index (χ0) is 97.3. The van der Waals surface area contributed by atoms with Gasteiger partial charge in [0, 0.05) is 92.3 Å². The third kappa shape index (κ3) is 19.0. The maximum atomic E-state index is 15.3. The SMILES string of the molecule is [2H]C([2H])(C)N(C([2H])([2H])C)C([2H])([2H])C([2H])([2H])N(Cc1ccc(-c2ccc(C(F)(F)F)cc2)cc1)C(=O)C([2H])([2H])n1c(SCc2ccc(F)cc2)nc(=O)c2c1CCC2.[2H]c1c([2H])c(CSc2nc(=O)c3c(n2C([2H])([2H])C(=O)N(Cc2c([2H])c([2H])c(-c4c([2H])c([2H])c(C(F)(F)F)c(C)c4[2H])c([2H])c2[2H])C([2H])([2H])C([2H])([2H])N(CC)CC)C([2H])([2H])C([2H])([2H])C3([2H])[2H])c([2H])c([2H])c1F. The van der Waals surface area contributed by atoms with Gasteiger partial charge in [0.15, 0.2) is 10.3 Å². The topological polar surface area (TPSA) is 117 Å². The van der Waals surface area contributed by atoms with Crippen LogP contribution in [-0.2, 0) is 85.1 Å².